The van der Waals surface area contributed by atoms with Crippen LogP contribution in [0.25, 0.3) is 10.9 Å². The zero-order chi connectivity index (χ0) is 29.0. The molecule has 0 aliphatic heterocycles. The second kappa shape index (κ2) is 12.7. The SMILES string of the molecule is CCC(c1cccc(OC(=O)Cc2c(C)n(C(=O)c3ccc(Cl)cc3)c3ccc(OC)cc23)c1)C(C)CN(C)C. The van der Waals surface area contributed by atoms with Gasteiger partial charge in [0.15, 0.2) is 0 Å². The van der Waals surface area contributed by atoms with E-state index in [1.165, 1.54) is 0 Å². The number of carbonyl (C=O) groups is 2. The summed E-state index contributed by atoms with van der Waals surface area (Å²) in [6.07, 6.45) is 1.00. The Hall–Kier alpha value is -3.61. The van der Waals surface area contributed by atoms with Gasteiger partial charge < -0.3 is 14.4 Å². The van der Waals surface area contributed by atoms with E-state index in [2.05, 4.69) is 38.9 Å². The minimum absolute atomic E-state index is 0.00879. The lowest BCUT2D eigenvalue weighted by Gasteiger charge is -2.26. The number of carbonyl (C=O) groups excluding carboxylic acids is 2. The van der Waals surface area contributed by atoms with Crippen molar-refractivity contribution in [3.8, 4) is 11.5 Å². The van der Waals surface area contributed by atoms with Crippen LogP contribution in [0.5, 0.6) is 11.5 Å². The van der Waals surface area contributed by atoms with E-state index < -0.39 is 5.97 Å². The minimum Gasteiger partial charge on any atom is -0.497 e. The van der Waals surface area contributed by atoms with Crippen molar-refractivity contribution in [3.05, 3.63) is 94.1 Å². The van der Waals surface area contributed by atoms with Crippen molar-refractivity contribution in [2.24, 2.45) is 5.92 Å². The molecule has 4 rings (SSSR count). The fraction of sp³-hybridized carbons (Fsp3) is 0.333. The van der Waals surface area contributed by atoms with Crippen LogP contribution in [-0.4, -0.2) is 49.1 Å². The smallest absolute Gasteiger partial charge is 0.315 e. The van der Waals surface area contributed by atoms with Gasteiger partial charge in [0, 0.05) is 28.2 Å². The van der Waals surface area contributed by atoms with Gasteiger partial charge in [0.1, 0.15) is 11.5 Å². The van der Waals surface area contributed by atoms with Crippen molar-refractivity contribution in [2.45, 2.75) is 39.5 Å². The van der Waals surface area contributed by atoms with Crippen LogP contribution in [-0.2, 0) is 11.2 Å². The first-order valence-electron chi connectivity index (χ1n) is 13.6. The van der Waals surface area contributed by atoms with E-state index in [0.29, 0.717) is 45.1 Å². The Labute approximate surface area is 241 Å². The normalized spacial score (nSPS) is 12.9. The molecule has 1 aromatic heterocycles. The number of fused-ring (bicyclic) bond motifs is 1. The first kappa shape index (κ1) is 29.4. The fourth-order valence-corrected chi connectivity index (χ4v) is 5.71. The van der Waals surface area contributed by atoms with E-state index in [4.69, 9.17) is 21.1 Å². The summed E-state index contributed by atoms with van der Waals surface area (Å²) >= 11 is 6.04. The maximum atomic E-state index is 13.6. The summed E-state index contributed by atoms with van der Waals surface area (Å²) < 4.78 is 12.9. The molecule has 4 aromatic rings. The molecule has 7 heteroatoms. The predicted molar refractivity (Wildman–Crippen MR) is 161 cm³/mol. The molecule has 0 amide bonds. The van der Waals surface area contributed by atoms with Gasteiger partial charge in [-0.15, -0.1) is 0 Å². The monoisotopic (exact) mass is 560 g/mol. The summed E-state index contributed by atoms with van der Waals surface area (Å²) in [5.74, 6) is 1.38. The lowest BCUT2D eigenvalue weighted by atomic mass is 9.85. The van der Waals surface area contributed by atoms with Crippen molar-refractivity contribution >= 4 is 34.4 Å². The van der Waals surface area contributed by atoms with Crippen LogP contribution in [0.2, 0.25) is 5.02 Å². The number of ether oxygens (including phenoxy) is 2. The molecule has 0 radical (unpaired) electrons. The Bertz CT molecular complexity index is 1510. The van der Waals surface area contributed by atoms with Crippen molar-refractivity contribution in [1.29, 1.82) is 0 Å². The summed E-state index contributed by atoms with van der Waals surface area (Å²) in [6.45, 7) is 7.27. The van der Waals surface area contributed by atoms with Crippen LogP contribution >= 0.6 is 11.6 Å². The molecule has 1 heterocycles. The number of rotatable bonds is 10. The number of hydrogen-bond donors (Lipinski definition) is 0. The van der Waals surface area contributed by atoms with Gasteiger partial charge in [0.25, 0.3) is 5.91 Å². The Morgan fingerprint density at radius 2 is 1.73 bits per heavy atom. The first-order chi connectivity index (χ1) is 19.1. The predicted octanol–water partition coefficient (Wildman–Crippen LogP) is 7.14. The standard InChI is InChI=1S/C33H37ClN2O4/c1-7-28(21(2)20-35(4)5)24-9-8-10-27(17-24)40-32(37)19-29-22(3)36(31-16-15-26(39-6)18-30(29)31)33(38)23-11-13-25(34)14-12-23/h8-18,21,28H,7,19-20H2,1-6H3. The van der Waals surface area contributed by atoms with Gasteiger partial charge in [-0.2, -0.15) is 0 Å². The molecular weight excluding hydrogens is 524 g/mol. The van der Waals surface area contributed by atoms with Crippen molar-refractivity contribution in [2.75, 3.05) is 27.7 Å². The zero-order valence-corrected chi connectivity index (χ0v) is 24.8. The topological polar surface area (TPSA) is 60.8 Å². The molecular formula is C33H37ClN2O4. The third-order valence-corrected chi connectivity index (χ3v) is 7.71. The average molecular weight is 561 g/mol. The molecule has 0 spiro atoms. The number of benzene rings is 3. The molecule has 2 unspecified atom stereocenters. The highest BCUT2D eigenvalue weighted by Crippen LogP contribution is 2.33. The minimum atomic E-state index is -0.393. The number of hydrogen-bond acceptors (Lipinski definition) is 5. The Morgan fingerprint density at radius 3 is 2.38 bits per heavy atom. The van der Waals surface area contributed by atoms with E-state index in [1.54, 1.807) is 35.9 Å². The molecule has 210 valence electrons. The van der Waals surface area contributed by atoms with Crippen molar-refractivity contribution < 1.29 is 19.1 Å². The summed E-state index contributed by atoms with van der Waals surface area (Å²) in [6, 6.07) is 20.1. The summed E-state index contributed by atoms with van der Waals surface area (Å²) in [5, 5.41) is 1.33. The second-order valence-electron chi connectivity index (χ2n) is 10.6. The molecule has 0 N–H and O–H groups in total. The molecule has 0 bridgehead atoms. The molecule has 2 atom stereocenters. The maximum absolute atomic E-state index is 13.6. The largest absolute Gasteiger partial charge is 0.497 e. The number of nitrogens with zero attached hydrogens (tertiary/aromatic N) is 2. The van der Waals surface area contributed by atoms with Crippen LogP contribution in [0.4, 0.5) is 0 Å². The van der Waals surface area contributed by atoms with Crippen LogP contribution in [0, 0.1) is 12.8 Å². The number of esters is 1. The fourth-order valence-electron chi connectivity index (χ4n) is 5.59. The zero-order valence-electron chi connectivity index (χ0n) is 24.0. The second-order valence-corrected chi connectivity index (χ2v) is 11.0. The lowest BCUT2D eigenvalue weighted by molar-refractivity contribution is -0.133. The van der Waals surface area contributed by atoms with Crippen molar-refractivity contribution in [3.63, 3.8) is 0 Å². The van der Waals surface area contributed by atoms with Gasteiger partial charge in [-0.3, -0.25) is 14.2 Å². The van der Waals surface area contributed by atoms with Crippen LogP contribution in [0.3, 0.4) is 0 Å². The number of halogens is 1. The third-order valence-electron chi connectivity index (χ3n) is 7.46. The maximum Gasteiger partial charge on any atom is 0.315 e. The highest BCUT2D eigenvalue weighted by atomic mass is 35.5. The van der Waals surface area contributed by atoms with E-state index in [9.17, 15) is 9.59 Å². The summed E-state index contributed by atoms with van der Waals surface area (Å²) in [4.78, 5) is 29.0. The highest BCUT2D eigenvalue weighted by Gasteiger charge is 2.23. The Kier molecular flexibility index (Phi) is 9.33. The van der Waals surface area contributed by atoms with Gasteiger partial charge >= 0.3 is 5.97 Å². The quantitative estimate of drug-likeness (QED) is 0.152. The Balaban J connectivity index is 1.64. The van der Waals surface area contributed by atoms with Crippen LogP contribution in [0.1, 0.15) is 53.4 Å². The third kappa shape index (κ3) is 6.40. The molecule has 3 aromatic carbocycles. The van der Waals surface area contributed by atoms with Crippen molar-refractivity contribution in [1.82, 2.24) is 9.47 Å². The lowest BCUT2D eigenvalue weighted by Crippen LogP contribution is -2.24. The van der Waals surface area contributed by atoms with E-state index in [1.807, 2.05) is 43.3 Å². The number of aromatic nitrogens is 1. The summed E-state index contributed by atoms with van der Waals surface area (Å²) in [7, 11) is 5.76. The molecule has 0 aliphatic rings. The first-order valence-corrected chi connectivity index (χ1v) is 13.9. The highest BCUT2D eigenvalue weighted by molar-refractivity contribution is 6.30. The molecule has 0 saturated carbocycles. The Morgan fingerprint density at radius 1 is 1.00 bits per heavy atom. The van der Waals surface area contributed by atoms with Gasteiger partial charge in [-0.1, -0.05) is 37.6 Å². The van der Waals surface area contributed by atoms with E-state index in [-0.39, 0.29) is 12.3 Å². The van der Waals surface area contributed by atoms with Gasteiger partial charge in [0.05, 0.1) is 19.0 Å². The molecule has 0 fully saturated rings. The van der Waals surface area contributed by atoms with Crippen LogP contribution < -0.4 is 9.47 Å². The van der Waals surface area contributed by atoms with Gasteiger partial charge in [-0.05, 0) is 105 Å². The molecule has 0 aliphatic carbocycles. The average Bonchev–Trinajstić information content (AvgIpc) is 3.19. The van der Waals surface area contributed by atoms with Gasteiger partial charge in [0.2, 0.25) is 0 Å². The van der Waals surface area contributed by atoms with E-state index in [0.717, 1.165) is 29.5 Å². The summed E-state index contributed by atoms with van der Waals surface area (Å²) in [5.41, 5.74) is 3.76. The molecule has 0 saturated heterocycles. The number of methoxy groups -OCH3 is 1. The molecule has 40 heavy (non-hydrogen) atoms. The van der Waals surface area contributed by atoms with E-state index >= 15 is 0 Å². The van der Waals surface area contributed by atoms with Gasteiger partial charge in [-0.25, -0.2) is 0 Å². The van der Waals surface area contributed by atoms with Crippen LogP contribution in [0.15, 0.2) is 66.7 Å². The molecule has 6 nitrogen and oxygen atoms in total.